The Morgan fingerprint density at radius 3 is 2.89 bits per heavy atom. The fourth-order valence-electron chi connectivity index (χ4n) is 2.69. The summed E-state index contributed by atoms with van der Waals surface area (Å²) in [4.78, 5) is 0. The zero-order valence-electron chi connectivity index (χ0n) is 10.3. The van der Waals surface area contributed by atoms with E-state index < -0.39 is 0 Å². The van der Waals surface area contributed by atoms with Crippen LogP contribution in [0.2, 0.25) is 0 Å². The molecule has 1 saturated heterocycles. The van der Waals surface area contributed by atoms with E-state index in [2.05, 4.69) is 22.9 Å². The van der Waals surface area contributed by atoms with Gasteiger partial charge in [-0.2, -0.15) is 5.26 Å². The summed E-state index contributed by atoms with van der Waals surface area (Å²) in [5.74, 6) is 0.695. The van der Waals surface area contributed by atoms with Crippen molar-refractivity contribution in [1.29, 1.82) is 5.26 Å². The van der Waals surface area contributed by atoms with Crippen LogP contribution < -0.4 is 0 Å². The number of rotatable bonds is 2. The second-order valence-corrected chi connectivity index (χ2v) is 4.87. The average Bonchev–Trinajstić information content (AvgIpc) is 2.83. The van der Waals surface area contributed by atoms with E-state index in [1.165, 1.54) is 5.52 Å². The largest absolute Gasteiger partial charge is 0.381 e. The molecule has 0 atom stereocenters. The van der Waals surface area contributed by atoms with Crippen molar-refractivity contribution in [1.82, 2.24) is 4.57 Å². The molecule has 1 aromatic carbocycles. The van der Waals surface area contributed by atoms with Gasteiger partial charge in [0, 0.05) is 36.9 Å². The van der Waals surface area contributed by atoms with Crippen molar-refractivity contribution in [2.75, 3.05) is 13.2 Å². The molecule has 2 aromatic rings. The normalized spacial score (nSPS) is 16.8. The summed E-state index contributed by atoms with van der Waals surface area (Å²) in [6.07, 6.45) is 4.37. The summed E-state index contributed by atoms with van der Waals surface area (Å²) in [6, 6.07) is 10.2. The van der Waals surface area contributed by atoms with E-state index in [-0.39, 0.29) is 0 Å². The third-order valence-electron chi connectivity index (χ3n) is 3.73. The summed E-state index contributed by atoms with van der Waals surface area (Å²) in [5, 5.41) is 10.2. The van der Waals surface area contributed by atoms with Crippen LogP contribution in [0.15, 0.2) is 30.5 Å². The van der Waals surface area contributed by atoms with Gasteiger partial charge < -0.3 is 9.30 Å². The molecular weight excluding hydrogens is 224 g/mol. The number of fused-ring (bicyclic) bond motifs is 1. The highest BCUT2D eigenvalue weighted by molar-refractivity contribution is 5.85. The number of benzene rings is 1. The van der Waals surface area contributed by atoms with E-state index >= 15 is 0 Å². The van der Waals surface area contributed by atoms with Crippen molar-refractivity contribution >= 4 is 10.9 Å². The standard InChI is InChI=1S/C15H16N2O/c16-10-13-2-1-3-15-14(13)4-7-17(15)11-12-5-8-18-9-6-12/h1-4,7,12H,5-6,8-9,11H2. The van der Waals surface area contributed by atoms with Crippen molar-refractivity contribution in [3.8, 4) is 6.07 Å². The summed E-state index contributed by atoms with van der Waals surface area (Å²) < 4.78 is 7.66. The predicted molar refractivity (Wildman–Crippen MR) is 70.2 cm³/mol. The number of aromatic nitrogens is 1. The quantitative estimate of drug-likeness (QED) is 0.809. The van der Waals surface area contributed by atoms with Gasteiger partial charge in [-0.3, -0.25) is 0 Å². The van der Waals surface area contributed by atoms with Gasteiger partial charge >= 0.3 is 0 Å². The first-order valence-corrected chi connectivity index (χ1v) is 6.44. The third kappa shape index (κ3) is 2.00. The molecule has 0 saturated carbocycles. The molecule has 2 heterocycles. The zero-order valence-corrected chi connectivity index (χ0v) is 10.3. The maximum absolute atomic E-state index is 9.09. The van der Waals surface area contributed by atoms with Gasteiger partial charge in [0.05, 0.1) is 11.6 Å². The number of hydrogen-bond donors (Lipinski definition) is 0. The van der Waals surface area contributed by atoms with E-state index in [1.54, 1.807) is 0 Å². The molecule has 0 aliphatic carbocycles. The van der Waals surface area contributed by atoms with Gasteiger partial charge in [-0.1, -0.05) is 6.07 Å². The highest BCUT2D eigenvalue weighted by Crippen LogP contribution is 2.23. The molecule has 0 bridgehead atoms. The second-order valence-electron chi connectivity index (χ2n) is 4.87. The molecule has 0 amide bonds. The monoisotopic (exact) mass is 240 g/mol. The fraction of sp³-hybridized carbons (Fsp3) is 0.400. The molecule has 0 unspecified atom stereocenters. The molecule has 1 aromatic heterocycles. The van der Waals surface area contributed by atoms with Crippen LogP contribution in [0.4, 0.5) is 0 Å². The molecule has 18 heavy (non-hydrogen) atoms. The SMILES string of the molecule is N#Cc1cccc2c1ccn2CC1CCOCC1. The molecule has 0 spiro atoms. The smallest absolute Gasteiger partial charge is 0.0998 e. The molecule has 1 aliphatic rings. The van der Waals surface area contributed by atoms with Crippen LogP contribution in [-0.2, 0) is 11.3 Å². The van der Waals surface area contributed by atoms with E-state index in [9.17, 15) is 0 Å². The molecule has 3 heteroatoms. The van der Waals surface area contributed by atoms with E-state index in [0.717, 1.165) is 43.5 Å². The van der Waals surface area contributed by atoms with Crippen LogP contribution in [0.5, 0.6) is 0 Å². The summed E-state index contributed by atoms with van der Waals surface area (Å²) in [7, 11) is 0. The Bertz CT molecular complexity index is 588. The molecule has 92 valence electrons. The van der Waals surface area contributed by atoms with Gasteiger partial charge in [-0.25, -0.2) is 0 Å². The zero-order chi connectivity index (χ0) is 12.4. The second kappa shape index (κ2) is 4.83. The van der Waals surface area contributed by atoms with Crippen LogP contribution in [0.1, 0.15) is 18.4 Å². The molecule has 3 rings (SSSR count). The van der Waals surface area contributed by atoms with Crippen molar-refractivity contribution < 1.29 is 4.74 Å². The molecule has 3 nitrogen and oxygen atoms in total. The minimum atomic E-state index is 0.695. The lowest BCUT2D eigenvalue weighted by molar-refractivity contribution is 0.0616. The minimum absolute atomic E-state index is 0.695. The number of nitriles is 1. The fourth-order valence-corrected chi connectivity index (χ4v) is 2.69. The van der Waals surface area contributed by atoms with E-state index in [1.807, 2.05) is 18.2 Å². The predicted octanol–water partition coefficient (Wildman–Crippen LogP) is 2.94. The van der Waals surface area contributed by atoms with Crippen LogP contribution in [0.3, 0.4) is 0 Å². The van der Waals surface area contributed by atoms with Crippen molar-refractivity contribution in [3.63, 3.8) is 0 Å². The Kier molecular flexibility index (Phi) is 3.04. The number of nitrogens with zero attached hydrogens (tertiary/aromatic N) is 2. The van der Waals surface area contributed by atoms with Gasteiger partial charge in [0.15, 0.2) is 0 Å². The number of hydrogen-bond acceptors (Lipinski definition) is 2. The lowest BCUT2D eigenvalue weighted by Gasteiger charge is -2.22. The van der Waals surface area contributed by atoms with Gasteiger partial charge in [0.1, 0.15) is 0 Å². The van der Waals surface area contributed by atoms with Crippen LogP contribution in [-0.4, -0.2) is 17.8 Å². The molecule has 0 N–H and O–H groups in total. The molecule has 1 fully saturated rings. The first kappa shape index (κ1) is 11.3. The number of ether oxygens (including phenoxy) is 1. The summed E-state index contributed by atoms with van der Waals surface area (Å²) in [6.45, 7) is 2.79. The first-order chi connectivity index (χ1) is 8.88. The highest BCUT2D eigenvalue weighted by atomic mass is 16.5. The van der Waals surface area contributed by atoms with E-state index in [0.29, 0.717) is 5.92 Å². The van der Waals surface area contributed by atoms with Crippen LogP contribution in [0.25, 0.3) is 10.9 Å². The van der Waals surface area contributed by atoms with Crippen LogP contribution in [0, 0.1) is 17.2 Å². The van der Waals surface area contributed by atoms with Gasteiger partial charge in [-0.05, 0) is 37.0 Å². The Morgan fingerprint density at radius 1 is 1.28 bits per heavy atom. The lowest BCUT2D eigenvalue weighted by Crippen LogP contribution is -2.20. The lowest BCUT2D eigenvalue weighted by atomic mass is 10.0. The molecule has 1 aliphatic heterocycles. The Labute approximate surface area is 107 Å². The molecular formula is C15H16N2O. The molecule has 0 radical (unpaired) electrons. The summed E-state index contributed by atoms with van der Waals surface area (Å²) >= 11 is 0. The van der Waals surface area contributed by atoms with E-state index in [4.69, 9.17) is 10.00 Å². The topological polar surface area (TPSA) is 38.0 Å². The third-order valence-corrected chi connectivity index (χ3v) is 3.73. The van der Waals surface area contributed by atoms with Crippen molar-refractivity contribution in [2.24, 2.45) is 5.92 Å². The minimum Gasteiger partial charge on any atom is -0.381 e. The van der Waals surface area contributed by atoms with Gasteiger partial charge in [-0.15, -0.1) is 0 Å². The Morgan fingerprint density at radius 2 is 2.11 bits per heavy atom. The first-order valence-electron chi connectivity index (χ1n) is 6.44. The maximum atomic E-state index is 9.09. The van der Waals surface area contributed by atoms with Crippen LogP contribution >= 0.6 is 0 Å². The highest BCUT2D eigenvalue weighted by Gasteiger charge is 2.15. The average molecular weight is 240 g/mol. The van der Waals surface area contributed by atoms with Gasteiger partial charge in [0.25, 0.3) is 0 Å². The maximum Gasteiger partial charge on any atom is 0.0998 e. The Balaban J connectivity index is 1.91. The Hall–Kier alpha value is -1.79. The van der Waals surface area contributed by atoms with Crippen molar-refractivity contribution in [2.45, 2.75) is 19.4 Å². The summed E-state index contributed by atoms with van der Waals surface area (Å²) in [5.41, 5.74) is 1.93. The van der Waals surface area contributed by atoms with Crippen molar-refractivity contribution in [3.05, 3.63) is 36.0 Å². The van der Waals surface area contributed by atoms with Gasteiger partial charge in [0.2, 0.25) is 0 Å².